The van der Waals surface area contributed by atoms with Gasteiger partial charge in [-0.25, -0.2) is 9.78 Å². The van der Waals surface area contributed by atoms with E-state index in [9.17, 15) is 9.59 Å². The highest BCUT2D eigenvalue weighted by Gasteiger charge is 2.09. The van der Waals surface area contributed by atoms with Crippen LogP contribution in [0.2, 0.25) is 0 Å². The van der Waals surface area contributed by atoms with E-state index in [0.29, 0.717) is 28.9 Å². The Morgan fingerprint density at radius 2 is 2.16 bits per heavy atom. The summed E-state index contributed by atoms with van der Waals surface area (Å²) >= 11 is 0. The number of rotatable bonds is 4. The van der Waals surface area contributed by atoms with E-state index in [1.165, 1.54) is 0 Å². The lowest BCUT2D eigenvalue weighted by Gasteiger charge is -2.08. The number of amides is 1. The van der Waals surface area contributed by atoms with Gasteiger partial charge < -0.3 is 14.3 Å². The van der Waals surface area contributed by atoms with Crippen LogP contribution in [0.25, 0.3) is 11.1 Å². The zero-order valence-corrected chi connectivity index (χ0v) is 13.1. The smallest absolute Gasteiger partial charge is 0.408 e. The molecule has 0 radical (unpaired) electrons. The van der Waals surface area contributed by atoms with Gasteiger partial charge in [0.2, 0.25) is 0 Å². The van der Waals surface area contributed by atoms with Gasteiger partial charge in [-0.15, -0.1) is 0 Å². The number of aromatic nitrogens is 3. The third-order valence-electron chi connectivity index (χ3n) is 3.79. The van der Waals surface area contributed by atoms with E-state index in [4.69, 9.17) is 4.42 Å². The summed E-state index contributed by atoms with van der Waals surface area (Å²) in [6, 6.07) is 12.4. The number of carbonyl (C=O) groups is 1. The molecule has 7 nitrogen and oxygen atoms in total. The first-order valence-corrected chi connectivity index (χ1v) is 7.66. The second kappa shape index (κ2) is 6.12. The van der Waals surface area contributed by atoms with Crippen LogP contribution in [0.5, 0.6) is 0 Å². The van der Waals surface area contributed by atoms with Crippen molar-refractivity contribution in [3.63, 3.8) is 0 Å². The van der Waals surface area contributed by atoms with Crippen molar-refractivity contribution in [2.24, 2.45) is 0 Å². The van der Waals surface area contributed by atoms with Crippen LogP contribution in [0.1, 0.15) is 15.9 Å². The van der Waals surface area contributed by atoms with Gasteiger partial charge in [-0.1, -0.05) is 12.1 Å². The average Bonchev–Trinajstić information content (AvgIpc) is 3.23. The van der Waals surface area contributed by atoms with Crippen LogP contribution >= 0.6 is 0 Å². The average molecular weight is 334 g/mol. The maximum Gasteiger partial charge on any atom is 0.417 e. The normalized spacial score (nSPS) is 10.9. The molecule has 0 unspecified atom stereocenters. The lowest BCUT2D eigenvalue weighted by Crippen LogP contribution is -2.12. The summed E-state index contributed by atoms with van der Waals surface area (Å²) in [7, 11) is 0. The van der Waals surface area contributed by atoms with Crippen LogP contribution in [0.15, 0.2) is 70.4 Å². The number of anilines is 1. The number of nitrogens with zero attached hydrogens (tertiary/aromatic N) is 2. The largest absolute Gasteiger partial charge is 0.417 e. The van der Waals surface area contributed by atoms with Crippen molar-refractivity contribution in [1.82, 2.24) is 14.5 Å². The molecule has 124 valence electrons. The molecule has 0 saturated heterocycles. The predicted octanol–water partition coefficient (Wildman–Crippen LogP) is 2.62. The molecule has 2 aromatic carbocycles. The molecule has 4 aromatic rings. The molecule has 2 aromatic heterocycles. The molecule has 0 saturated carbocycles. The van der Waals surface area contributed by atoms with Crippen LogP contribution in [0, 0.1) is 0 Å². The standard InChI is InChI=1S/C18H14N4O3/c23-17(20-14-4-5-16-15(9-14)21-18(24)25-16)13-3-1-2-12(8-13)10-22-7-6-19-11-22/h1-9,11H,10H2,(H,20,23)(H,21,24). The van der Waals surface area contributed by atoms with E-state index < -0.39 is 5.76 Å². The van der Waals surface area contributed by atoms with Crippen LogP contribution in [0.4, 0.5) is 5.69 Å². The Balaban J connectivity index is 1.54. The molecule has 2 heterocycles. The van der Waals surface area contributed by atoms with Gasteiger partial charge in [0.25, 0.3) is 5.91 Å². The first kappa shape index (κ1) is 14.9. The maximum atomic E-state index is 12.5. The van der Waals surface area contributed by atoms with Gasteiger partial charge in [0.15, 0.2) is 5.58 Å². The number of fused-ring (bicyclic) bond motifs is 1. The first-order valence-electron chi connectivity index (χ1n) is 7.66. The van der Waals surface area contributed by atoms with Gasteiger partial charge in [-0.3, -0.25) is 9.78 Å². The lowest BCUT2D eigenvalue weighted by molar-refractivity contribution is 0.102. The van der Waals surface area contributed by atoms with E-state index in [1.807, 2.05) is 29.0 Å². The fourth-order valence-electron chi connectivity index (χ4n) is 2.64. The fraction of sp³-hybridized carbons (Fsp3) is 0.0556. The van der Waals surface area contributed by atoms with Gasteiger partial charge in [0.05, 0.1) is 11.8 Å². The van der Waals surface area contributed by atoms with Crippen molar-refractivity contribution >= 4 is 22.7 Å². The number of carbonyl (C=O) groups excluding carboxylic acids is 1. The molecule has 4 rings (SSSR count). The third kappa shape index (κ3) is 3.20. The summed E-state index contributed by atoms with van der Waals surface area (Å²) in [5, 5.41) is 2.82. The summed E-state index contributed by atoms with van der Waals surface area (Å²) in [4.78, 5) is 30.3. The third-order valence-corrected chi connectivity index (χ3v) is 3.79. The molecule has 0 aliphatic rings. The van der Waals surface area contributed by atoms with E-state index in [1.54, 1.807) is 36.8 Å². The molecular weight excluding hydrogens is 320 g/mol. The Morgan fingerprint density at radius 3 is 3.00 bits per heavy atom. The van der Waals surface area contributed by atoms with Gasteiger partial charge in [-0.05, 0) is 35.9 Å². The molecule has 0 atom stereocenters. The van der Waals surface area contributed by atoms with Crippen LogP contribution < -0.4 is 11.1 Å². The molecule has 7 heteroatoms. The molecular formula is C18H14N4O3. The highest BCUT2D eigenvalue weighted by molar-refractivity contribution is 6.05. The van der Waals surface area contributed by atoms with Crippen molar-refractivity contribution in [2.45, 2.75) is 6.54 Å². The molecule has 0 spiro atoms. The number of H-pyrrole nitrogens is 1. The molecule has 25 heavy (non-hydrogen) atoms. The minimum Gasteiger partial charge on any atom is -0.408 e. The number of nitrogens with one attached hydrogen (secondary N) is 2. The SMILES string of the molecule is O=C(Nc1ccc2oc(=O)[nH]c2c1)c1cccc(Cn2ccnc2)c1. The van der Waals surface area contributed by atoms with Gasteiger partial charge in [0, 0.05) is 30.2 Å². The van der Waals surface area contributed by atoms with E-state index in [2.05, 4.69) is 15.3 Å². The Labute approximate surface area is 141 Å². The van der Waals surface area contributed by atoms with E-state index in [0.717, 1.165) is 5.56 Å². The van der Waals surface area contributed by atoms with Crippen LogP contribution in [0.3, 0.4) is 0 Å². The second-order valence-electron chi connectivity index (χ2n) is 5.61. The number of hydrogen-bond donors (Lipinski definition) is 2. The Morgan fingerprint density at radius 1 is 1.24 bits per heavy atom. The van der Waals surface area contributed by atoms with Gasteiger partial charge >= 0.3 is 5.76 Å². The molecule has 0 bridgehead atoms. The molecule has 0 aliphatic heterocycles. The molecule has 0 fully saturated rings. The van der Waals surface area contributed by atoms with E-state index in [-0.39, 0.29) is 5.91 Å². The molecule has 1 amide bonds. The van der Waals surface area contributed by atoms with Crippen molar-refractivity contribution in [2.75, 3.05) is 5.32 Å². The zero-order chi connectivity index (χ0) is 17.2. The Kier molecular flexibility index (Phi) is 3.66. The number of oxazole rings is 1. The van der Waals surface area contributed by atoms with Crippen molar-refractivity contribution in [3.05, 3.63) is 82.9 Å². The number of benzene rings is 2. The minimum atomic E-state index is -0.523. The second-order valence-corrected chi connectivity index (χ2v) is 5.61. The summed E-state index contributed by atoms with van der Waals surface area (Å²) in [5.41, 5.74) is 3.12. The fourth-order valence-corrected chi connectivity index (χ4v) is 2.64. The van der Waals surface area contributed by atoms with Crippen molar-refractivity contribution in [3.8, 4) is 0 Å². The Bertz CT molecular complexity index is 1090. The summed E-state index contributed by atoms with van der Waals surface area (Å²) < 4.78 is 6.88. The summed E-state index contributed by atoms with van der Waals surface area (Å²) in [5.74, 6) is -0.747. The Hall–Kier alpha value is -3.61. The monoisotopic (exact) mass is 334 g/mol. The quantitative estimate of drug-likeness (QED) is 0.600. The summed E-state index contributed by atoms with van der Waals surface area (Å²) in [6.45, 7) is 0.642. The van der Waals surface area contributed by atoms with Crippen LogP contribution in [-0.2, 0) is 6.54 Å². The highest BCUT2D eigenvalue weighted by Crippen LogP contribution is 2.17. The zero-order valence-electron chi connectivity index (χ0n) is 13.1. The maximum absolute atomic E-state index is 12.5. The predicted molar refractivity (Wildman–Crippen MR) is 92.6 cm³/mol. The van der Waals surface area contributed by atoms with E-state index >= 15 is 0 Å². The number of imidazole rings is 1. The van der Waals surface area contributed by atoms with Crippen molar-refractivity contribution in [1.29, 1.82) is 0 Å². The summed E-state index contributed by atoms with van der Waals surface area (Å²) in [6.07, 6.45) is 5.31. The van der Waals surface area contributed by atoms with Crippen LogP contribution in [-0.4, -0.2) is 20.4 Å². The first-order chi connectivity index (χ1) is 12.2. The molecule has 0 aliphatic carbocycles. The molecule has 2 N–H and O–H groups in total. The minimum absolute atomic E-state index is 0.224. The number of hydrogen-bond acceptors (Lipinski definition) is 4. The number of aromatic amines is 1. The van der Waals surface area contributed by atoms with Gasteiger partial charge in [-0.2, -0.15) is 0 Å². The highest BCUT2D eigenvalue weighted by atomic mass is 16.4. The topological polar surface area (TPSA) is 92.9 Å². The van der Waals surface area contributed by atoms with Gasteiger partial charge in [0.1, 0.15) is 0 Å². The van der Waals surface area contributed by atoms with Crippen molar-refractivity contribution < 1.29 is 9.21 Å². The lowest BCUT2D eigenvalue weighted by atomic mass is 10.1.